The lowest BCUT2D eigenvalue weighted by Gasteiger charge is -2.21. The van der Waals surface area contributed by atoms with E-state index < -0.39 is 17.5 Å². The number of rotatable bonds is 7. The van der Waals surface area contributed by atoms with Crippen molar-refractivity contribution < 1.29 is 18.3 Å². The van der Waals surface area contributed by atoms with Gasteiger partial charge in [-0.1, -0.05) is 18.2 Å². The zero-order valence-electron chi connectivity index (χ0n) is 17.1. The first kappa shape index (κ1) is 24.6. The largest absolute Gasteiger partial charge is 0.484 e. The van der Waals surface area contributed by atoms with Gasteiger partial charge in [0.1, 0.15) is 23.1 Å². The maximum Gasteiger partial charge on any atom is 0.255 e. The first-order valence-corrected chi connectivity index (χ1v) is 9.62. The molecule has 1 amide bonds. The Balaban J connectivity index is 0.00000341. The van der Waals surface area contributed by atoms with Crippen LogP contribution in [-0.4, -0.2) is 44.7 Å². The Morgan fingerprint density at radius 1 is 1.26 bits per heavy atom. The number of hydrogen-bond donors (Lipinski definition) is 3. The fraction of sp³-hybridized carbons (Fsp3) is 0.333. The molecule has 0 aromatic heterocycles. The predicted molar refractivity (Wildman–Crippen MR) is 127 cm³/mol. The Hall–Kier alpha value is -2.63. The van der Waals surface area contributed by atoms with Crippen molar-refractivity contribution in [3.05, 3.63) is 59.7 Å². The Labute approximate surface area is 197 Å². The molecule has 0 bridgehead atoms. The monoisotopic (exact) mass is 545 g/mol. The minimum atomic E-state index is -0.559. The highest BCUT2D eigenvalue weighted by atomic mass is 127. The van der Waals surface area contributed by atoms with Crippen molar-refractivity contribution in [3.8, 4) is 5.75 Å². The van der Waals surface area contributed by atoms with E-state index in [-0.39, 0.29) is 42.3 Å². The van der Waals surface area contributed by atoms with Crippen LogP contribution in [0, 0.1) is 11.6 Å². The smallest absolute Gasteiger partial charge is 0.255 e. The predicted octanol–water partition coefficient (Wildman–Crippen LogP) is 2.39. The summed E-state index contributed by atoms with van der Waals surface area (Å²) in [5.74, 6) is -0.522. The van der Waals surface area contributed by atoms with E-state index in [2.05, 4.69) is 15.6 Å². The molecule has 1 aliphatic rings. The number of aliphatic imine (C=N–C) groups is 1. The van der Waals surface area contributed by atoms with Gasteiger partial charge >= 0.3 is 0 Å². The lowest BCUT2D eigenvalue weighted by atomic mass is 10.2. The molecule has 0 spiro atoms. The van der Waals surface area contributed by atoms with Crippen molar-refractivity contribution in [3.63, 3.8) is 0 Å². The van der Waals surface area contributed by atoms with Crippen molar-refractivity contribution in [2.45, 2.75) is 19.0 Å². The van der Waals surface area contributed by atoms with Crippen LogP contribution < -0.4 is 26.0 Å². The molecule has 0 radical (unpaired) electrons. The van der Waals surface area contributed by atoms with Gasteiger partial charge in [0.05, 0.1) is 0 Å². The number of primary amides is 1. The van der Waals surface area contributed by atoms with Crippen molar-refractivity contribution >= 4 is 41.5 Å². The molecule has 4 N–H and O–H groups in total. The highest BCUT2D eigenvalue weighted by Crippen LogP contribution is 2.26. The van der Waals surface area contributed by atoms with Gasteiger partial charge in [-0.2, -0.15) is 0 Å². The van der Waals surface area contributed by atoms with Gasteiger partial charge in [-0.3, -0.25) is 9.79 Å². The van der Waals surface area contributed by atoms with Gasteiger partial charge in [-0.05, 0) is 36.2 Å². The lowest BCUT2D eigenvalue weighted by Crippen LogP contribution is -2.44. The zero-order chi connectivity index (χ0) is 21.5. The molecule has 31 heavy (non-hydrogen) atoms. The fourth-order valence-corrected chi connectivity index (χ4v) is 3.35. The molecule has 168 valence electrons. The van der Waals surface area contributed by atoms with Gasteiger partial charge in [-0.25, -0.2) is 8.78 Å². The fourth-order valence-electron chi connectivity index (χ4n) is 3.35. The molecule has 1 heterocycles. The zero-order valence-corrected chi connectivity index (χ0v) is 19.4. The van der Waals surface area contributed by atoms with E-state index >= 15 is 0 Å². The summed E-state index contributed by atoms with van der Waals surface area (Å²) in [6, 6.07) is 11.2. The van der Waals surface area contributed by atoms with Gasteiger partial charge in [0.2, 0.25) is 0 Å². The summed E-state index contributed by atoms with van der Waals surface area (Å²) < 4.78 is 33.4. The normalized spacial score (nSPS) is 15.9. The molecule has 0 saturated carbocycles. The van der Waals surface area contributed by atoms with E-state index in [1.807, 2.05) is 18.2 Å². The third-order valence-electron chi connectivity index (χ3n) is 4.75. The van der Waals surface area contributed by atoms with Gasteiger partial charge in [0, 0.05) is 32.7 Å². The number of anilines is 1. The number of carbonyl (C=O) groups excluding carboxylic acids is 1. The number of benzene rings is 2. The highest BCUT2D eigenvalue weighted by molar-refractivity contribution is 14.0. The summed E-state index contributed by atoms with van der Waals surface area (Å²) in [7, 11) is 1.66. The molecule has 10 heteroatoms. The number of carbonyl (C=O) groups is 1. The molecule has 1 saturated heterocycles. The Bertz CT molecular complexity index is 908. The van der Waals surface area contributed by atoms with Crippen LogP contribution in [0.2, 0.25) is 0 Å². The van der Waals surface area contributed by atoms with Crippen LogP contribution in [0.25, 0.3) is 0 Å². The third-order valence-corrected chi connectivity index (χ3v) is 4.75. The van der Waals surface area contributed by atoms with Crippen molar-refractivity contribution in [1.29, 1.82) is 0 Å². The molecule has 1 fully saturated rings. The van der Waals surface area contributed by atoms with Crippen LogP contribution in [0.5, 0.6) is 5.75 Å². The highest BCUT2D eigenvalue weighted by Gasteiger charge is 2.27. The number of guanidine groups is 1. The Morgan fingerprint density at radius 2 is 1.97 bits per heavy atom. The second-order valence-electron chi connectivity index (χ2n) is 6.97. The van der Waals surface area contributed by atoms with Gasteiger partial charge < -0.3 is 26.0 Å². The second kappa shape index (κ2) is 11.7. The van der Waals surface area contributed by atoms with Crippen molar-refractivity contribution in [1.82, 2.24) is 10.6 Å². The van der Waals surface area contributed by atoms with Crippen LogP contribution in [0.3, 0.4) is 0 Å². The average molecular weight is 545 g/mol. The number of nitrogens with zero attached hydrogens (tertiary/aromatic N) is 2. The molecule has 2 aromatic carbocycles. The number of halogens is 3. The molecule has 1 unspecified atom stereocenters. The number of para-hydroxylation sites is 1. The molecule has 1 atom stereocenters. The summed E-state index contributed by atoms with van der Waals surface area (Å²) in [6.45, 7) is 1.31. The van der Waals surface area contributed by atoms with Crippen LogP contribution in [0.1, 0.15) is 12.0 Å². The molecular weight excluding hydrogens is 519 g/mol. The number of amides is 1. The van der Waals surface area contributed by atoms with Crippen LogP contribution in [-0.2, 0) is 11.3 Å². The summed E-state index contributed by atoms with van der Waals surface area (Å²) in [5.41, 5.74) is 6.03. The number of ether oxygens (including phenoxy) is 1. The van der Waals surface area contributed by atoms with E-state index in [1.54, 1.807) is 18.0 Å². The van der Waals surface area contributed by atoms with Crippen LogP contribution in [0.4, 0.5) is 14.5 Å². The Morgan fingerprint density at radius 3 is 2.65 bits per heavy atom. The molecular formula is C21H26F2IN5O2. The standard InChI is InChI=1S/C21H25F2N5O2.HI/c1-25-21(26-11-14-4-2-5-16(10-14)30-13-19(24)29)27-15-8-9-28(12-15)20-17(22)6-3-7-18(20)23;/h2-7,10,15H,8-9,11-13H2,1H3,(H2,24,29)(H2,25,26,27);1H. The van der Waals surface area contributed by atoms with Gasteiger partial charge in [-0.15, -0.1) is 24.0 Å². The SMILES string of the molecule is CN=C(NCc1cccc(OCC(N)=O)c1)NC1CCN(c2c(F)cccc2F)C1.I. The van der Waals surface area contributed by atoms with Crippen molar-refractivity contribution in [2.75, 3.05) is 31.6 Å². The summed E-state index contributed by atoms with van der Waals surface area (Å²) in [5, 5.41) is 6.50. The van der Waals surface area contributed by atoms with Crippen LogP contribution >= 0.6 is 24.0 Å². The molecule has 1 aliphatic heterocycles. The molecule has 3 rings (SSSR count). The first-order chi connectivity index (χ1) is 14.5. The number of hydrogen-bond acceptors (Lipinski definition) is 4. The van der Waals surface area contributed by atoms with Crippen molar-refractivity contribution in [2.24, 2.45) is 10.7 Å². The first-order valence-electron chi connectivity index (χ1n) is 9.62. The minimum Gasteiger partial charge on any atom is -0.484 e. The summed E-state index contributed by atoms with van der Waals surface area (Å²) >= 11 is 0. The summed E-state index contributed by atoms with van der Waals surface area (Å²) in [4.78, 5) is 16.8. The van der Waals surface area contributed by atoms with E-state index in [1.165, 1.54) is 18.2 Å². The number of nitrogens with one attached hydrogen (secondary N) is 2. The maximum absolute atomic E-state index is 14.0. The topological polar surface area (TPSA) is 92.0 Å². The molecule has 7 nitrogen and oxygen atoms in total. The minimum absolute atomic E-state index is 0. The second-order valence-corrected chi connectivity index (χ2v) is 6.97. The van der Waals surface area contributed by atoms with Gasteiger partial charge in [0.25, 0.3) is 5.91 Å². The van der Waals surface area contributed by atoms with E-state index in [0.29, 0.717) is 31.3 Å². The van der Waals surface area contributed by atoms with Crippen LogP contribution in [0.15, 0.2) is 47.5 Å². The van der Waals surface area contributed by atoms with Gasteiger partial charge in [0.15, 0.2) is 12.6 Å². The maximum atomic E-state index is 14.0. The molecule has 2 aromatic rings. The Kier molecular flexibility index (Phi) is 9.28. The van der Waals surface area contributed by atoms with E-state index in [0.717, 1.165) is 12.0 Å². The molecule has 0 aliphatic carbocycles. The lowest BCUT2D eigenvalue weighted by molar-refractivity contribution is -0.119. The van der Waals surface area contributed by atoms with E-state index in [9.17, 15) is 13.6 Å². The number of nitrogens with two attached hydrogens (primary N) is 1. The average Bonchev–Trinajstić information content (AvgIpc) is 3.17. The quantitative estimate of drug-likeness (QED) is 0.283. The summed E-state index contributed by atoms with van der Waals surface area (Å²) in [6.07, 6.45) is 0.727. The third kappa shape index (κ3) is 6.94. The van der Waals surface area contributed by atoms with E-state index in [4.69, 9.17) is 10.5 Å².